The minimum Gasteiger partial charge on any atom is -0.355 e. The highest BCUT2D eigenvalue weighted by Gasteiger charge is 2.30. The Morgan fingerprint density at radius 1 is 0.923 bits per heavy atom. The van der Waals surface area contributed by atoms with Crippen LogP contribution >= 0.6 is 0 Å². The average Bonchev–Trinajstić information content (AvgIpc) is 2.90. The van der Waals surface area contributed by atoms with Gasteiger partial charge in [0.25, 0.3) is 0 Å². The summed E-state index contributed by atoms with van der Waals surface area (Å²) in [4.78, 5) is 28.4. The fourth-order valence-corrected chi connectivity index (χ4v) is 5.31. The van der Waals surface area contributed by atoms with Crippen LogP contribution in [0.4, 0.5) is 10.1 Å². The smallest absolute Gasteiger partial charge is 0.243 e. The molecule has 1 atom stereocenters. The Labute approximate surface area is 230 Å². The quantitative estimate of drug-likeness (QED) is 0.339. The second kappa shape index (κ2) is 13.9. The van der Waals surface area contributed by atoms with Crippen LogP contribution in [0.1, 0.15) is 36.5 Å². The summed E-state index contributed by atoms with van der Waals surface area (Å²) in [6.07, 6.45) is 1.73. The molecular formula is C30H36FN3O4S. The number of amides is 2. The highest BCUT2D eigenvalue weighted by Crippen LogP contribution is 2.21. The van der Waals surface area contributed by atoms with E-state index in [1.165, 1.54) is 21.3 Å². The summed E-state index contributed by atoms with van der Waals surface area (Å²) in [7, 11) is -3.57. The van der Waals surface area contributed by atoms with E-state index in [2.05, 4.69) is 5.32 Å². The van der Waals surface area contributed by atoms with Gasteiger partial charge in [-0.3, -0.25) is 13.9 Å². The molecule has 3 rings (SSSR count). The van der Waals surface area contributed by atoms with Crippen molar-refractivity contribution < 1.29 is 22.4 Å². The molecule has 0 aliphatic heterocycles. The molecule has 0 spiro atoms. The number of hydrogen-bond donors (Lipinski definition) is 1. The van der Waals surface area contributed by atoms with Crippen LogP contribution in [0.3, 0.4) is 0 Å². The molecular weight excluding hydrogens is 517 g/mol. The van der Waals surface area contributed by atoms with Crippen LogP contribution in [0.15, 0.2) is 78.9 Å². The Kier molecular flexibility index (Phi) is 10.6. The number of benzene rings is 3. The third-order valence-electron chi connectivity index (χ3n) is 6.36. The van der Waals surface area contributed by atoms with E-state index in [9.17, 15) is 22.4 Å². The van der Waals surface area contributed by atoms with Gasteiger partial charge in [-0.25, -0.2) is 12.8 Å². The molecule has 0 aromatic heterocycles. The summed E-state index contributed by atoms with van der Waals surface area (Å²) in [5, 5.41) is 2.84. The maximum absolute atomic E-state index is 13.7. The second-order valence-electron chi connectivity index (χ2n) is 9.52. The molecule has 9 heteroatoms. The number of sulfonamides is 1. The van der Waals surface area contributed by atoms with E-state index in [1.54, 1.807) is 24.3 Å². The Hall–Kier alpha value is -3.72. The molecule has 0 fully saturated rings. The van der Waals surface area contributed by atoms with Crippen molar-refractivity contribution >= 4 is 27.5 Å². The van der Waals surface area contributed by atoms with Crippen LogP contribution in [0.5, 0.6) is 0 Å². The third-order valence-corrected chi connectivity index (χ3v) is 7.56. The van der Waals surface area contributed by atoms with Gasteiger partial charge in [0.2, 0.25) is 21.8 Å². The molecule has 0 aliphatic carbocycles. The summed E-state index contributed by atoms with van der Waals surface area (Å²) < 4.78 is 39.9. The molecule has 3 aromatic rings. The number of nitrogens with one attached hydrogen (secondary N) is 1. The minimum atomic E-state index is -3.57. The lowest BCUT2D eigenvalue weighted by Crippen LogP contribution is -2.50. The van der Waals surface area contributed by atoms with Gasteiger partial charge in [0.15, 0.2) is 0 Å². The van der Waals surface area contributed by atoms with E-state index in [0.717, 1.165) is 17.4 Å². The molecule has 3 aromatic carbocycles. The number of rotatable bonds is 13. The molecule has 0 heterocycles. The highest BCUT2D eigenvalue weighted by molar-refractivity contribution is 7.92. The zero-order valence-corrected chi connectivity index (χ0v) is 23.5. The van der Waals surface area contributed by atoms with Crippen molar-refractivity contribution in [2.75, 3.05) is 23.7 Å². The first-order valence-corrected chi connectivity index (χ1v) is 14.8. The normalized spacial score (nSPS) is 12.0. The van der Waals surface area contributed by atoms with Crippen molar-refractivity contribution in [3.05, 3.63) is 101 Å². The Bertz CT molecular complexity index is 1330. The van der Waals surface area contributed by atoms with E-state index in [4.69, 9.17) is 0 Å². The number of halogens is 1. The zero-order valence-electron chi connectivity index (χ0n) is 22.6. The van der Waals surface area contributed by atoms with Crippen LogP contribution in [-0.2, 0) is 32.6 Å². The van der Waals surface area contributed by atoms with Crippen LogP contribution in [-0.4, -0.2) is 50.5 Å². The van der Waals surface area contributed by atoms with Crippen LogP contribution in [0, 0.1) is 12.7 Å². The average molecular weight is 554 g/mol. The molecule has 2 amide bonds. The fraction of sp³-hybridized carbons (Fsp3) is 0.333. The van der Waals surface area contributed by atoms with Gasteiger partial charge in [0, 0.05) is 32.5 Å². The first-order valence-electron chi connectivity index (χ1n) is 13.0. The first-order chi connectivity index (χ1) is 18.6. The van der Waals surface area contributed by atoms with Crippen molar-refractivity contribution in [3.8, 4) is 0 Å². The monoisotopic (exact) mass is 553 g/mol. The summed E-state index contributed by atoms with van der Waals surface area (Å²) in [5.41, 5.74) is 3.12. The molecule has 1 N–H and O–H groups in total. The third kappa shape index (κ3) is 8.92. The fourth-order valence-electron chi connectivity index (χ4n) is 4.35. The van der Waals surface area contributed by atoms with Gasteiger partial charge in [-0.2, -0.15) is 0 Å². The molecule has 0 aliphatic rings. The van der Waals surface area contributed by atoms with E-state index in [-0.39, 0.29) is 37.7 Å². The molecule has 0 saturated heterocycles. The van der Waals surface area contributed by atoms with Crippen molar-refractivity contribution in [3.63, 3.8) is 0 Å². The Morgan fingerprint density at radius 2 is 1.56 bits per heavy atom. The molecule has 208 valence electrons. The molecule has 1 unspecified atom stereocenters. The minimum absolute atomic E-state index is 0.0315. The van der Waals surface area contributed by atoms with Gasteiger partial charge in [0.05, 0.1) is 11.9 Å². The predicted molar refractivity (Wildman–Crippen MR) is 152 cm³/mol. The van der Waals surface area contributed by atoms with Crippen molar-refractivity contribution in [2.24, 2.45) is 0 Å². The lowest BCUT2D eigenvalue weighted by Gasteiger charge is -2.32. The number of nitrogens with zero attached hydrogens (tertiary/aromatic N) is 2. The molecule has 7 nitrogen and oxygen atoms in total. The molecule has 0 bridgehead atoms. The lowest BCUT2D eigenvalue weighted by atomic mass is 10.0. The number of hydrogen-bond acceptors (Lipinski definition) is 4. The summed E-state index contributed by atoms with van der Waals surface area (Å²) in [6.45, 7) is 4.37. The van der Waals surface area contributed by atoms with Crippen molar-refractivity contribution in [1.82, 2.24) is 10.2 Å². The summed E-state index contributed by atoms with van der Waals surface area (Å²) >= 11 is 0. The summed E-state index contributed by atoms with van der Waals surface area (Å²) in [6, 6.07) is 21.6. The number of carbonyl (C=O) groups excluding carboxylic acids is 2. The Morgan fingerprint density at radius 3 is 2.15 bits per heavy atom. The second-order valence-corrected chi connectivity index (χ2v) is 11.4. The van der Waals surface area contributed by atoms with E-state index in [0.29, 0.717) is 24.2 Å². The van der Waals surface area contributed by atoms with Gasteiger partial charge in [-0.1, -0.05) is 60.2 Å². The standard InChI is InChI=1S/C30H36FN3O4S/c1-4-32-30(36)28(21-24-9-6-5-7-10-24)33(22-25-14-16-26(31)17-15-25)29(35)11-8-20-34(39(3,37)38)27-18-12-23(2)13-19-27/h5-7,9-10,12-19,28H,4,8,11,20-22H2,1-3H3,(H,32,36). The lowest BCUT2D eigenvalue weighted by molar-refractivity contribution is -0.141. The predicted octanol–water partition coefficient (Wildman–Crippen LogP) is 4.46. The zero-order chi connectivity index (χ0) is 28.4. The topological polar surface area (TPSA) is 86.8 Å². The number of likely N-dealkylation sites (N-methyl/N-ethyl adjacent to an activating group) is 1. The van der Waals surface area contributed by atoms with Gasteiger partial charge in [-0.15, -0.1) is 0 Å². The maximum Gasteiger partial charge on any atom is 0.243 e. The highest BCUT2D eigenvalue weighted by atomic mass is 32.2. The van der Waals surface area contributed by atoms with Gasteiger partial charge < -0.3 is 10.2 Å². The molecule has 39 heavy (non-hydrogen) atoms. The first kappa shape index (κ1) is 29.8. The number of aryl methyl sites for hydroxylation is 1. The van der Waals surface area contributed by atoms with Crippen molar-refractivity contribution in [1.29, 1.82) is 0 Å². The van der Waals surface area contributed by atoms with E-state index in [1.807, 2.05) is 56.3 Å². The SMILES string of the molecule is CCNC(=O)C(Cc1ccccc1)N(Cc1ccc(F)cc1)C(=O)CCCN(c1ccc(C)cc1)S(C)(=O)=O. The van der Waals surface area contributed by atoms with Crippen LogP contribution < -0.4 is 9.62 Å². The maximum atomic E-state index is 13.7. The number of anilines is 1. The molecule has 0 saturated carbocycles. The largest absolute Gasteiger partial charge is 0.355 e. The Balaban J connectivity index is 1.85. The van der Waals surface area contributed by atoms with Gasteiger partial charge in [0.1, 0.15) is 11.9 Å². The van der Waals surface area contributed by atoms with Crippen LogP contribution in [0.25, 0.3) is 0 Å². The van der Waals surface area contributed by atoms with Gasteiger partial charge >= 0.3 is 0 Å². The molecule has 0 radical (unpaired) electrons. The number of carbonyl (C=O) groups is 2. The van der Waals surface area contributed by atoms with Gasteiger partial charge in [-0.05, 0) is 55.7 Å². The summed E-state index contributed by atoms with van der Waals surface area (Å²) in [5.74, 6) is -0.962. The van der Waals surface area contributed by atoms with E-state index >= 15 is 0 Å². The van der Waals surface area contributed by atoms with Crippen molar-refractivity contribution in [2.45, 2.75) is 45.7 Å². The van der Waals surface area contributed by atoms with E-state index < -0.39 is 21.9 Å². The van der Waals surface area contributed by atoms with Crippen LogP contribution in [0.2, 0.25) is 0 Å².